The highest BCUT2D eigenvalue weighted by Crippen LogP contribution is 2.44. The van der Waals surface area contributed by atoms with E-state index in [1.54, 1.807) is 0 Å². The molecule has 3 nitrogen and oxygen atoms in total. The van der Waals surface area contributed by atoms with Crippen molar-refractivity contribution in [2.75, 3.05) is 19.6 Å². The second kappa shape index (κ2) is 5.58. The fourth-order valence-electron chi connectivity index (χ4n) is 4.34. The maximum Gasteiger partial charge on any atom is 0.0207 e. The van der Waals surface area contributed by atoms with Crippen LogP contribution in [0, 0.1) is 17.3 Å². The Morgan fingerprint density at radius 1 is 1.15 bits per heavy atom. The highest BCUT2D eigenvalue weighted by Gasteiger charge is 2.42. The van der Waals surface area contributed by atoms with Crippen LogP contribution in [0.1, 0.15) is 52.9 Å². The van der Waals surface area contributed by atoms with Gasteiger partial charge in [-0.1, -0.05) is 20.8 Å². The number of hydrogen-bond acceptors (Lipinski definition) is 3. The second-order valence-corrected chi connectivity index (χ2v) is 8.17. The van der Waals surface area contributed by atoms with Crippen molar-refractivity contribution in [3.05, 3.63) is 0 Å². The maximum atomic E-state index is 6.27. The van der Waals surface area contributed by atoms with Crippen LogP contribution in [0.2, 0.25) is 0 Å². The summed E-state index contributed by atoms with van der Waals surface area (Å²) in [5.41, 5.74) is 6.64. The Morgan fingerprint density at radius 2 is 1.90 bits per heavy atom. The van der Waals surface area contributed by atoms with Crippen LogP contribution in [0.3, 0.4) is 0 Å². The summed E-state index contributed by atoms with van der Waals surface area (Å²) in [5, 5.41) is 3.87. The molecule has 0 aromatic rings. The molecule has 116 valence electrons. The summed E-state index contributed by atoms with van der Waals surface area (Å²) in [6.07, 6.45) is 6.73. The van der Waals surface area contributed by atoms with Crippen molar-refractivity contribution < 1.29 is 0 Å². The van der Waals surface area contributed by atoms with E-state index in [-0.39, 0.29) is 0 Å². The first-order valence-corrected chi connectivity index (χ1v) is 8.71. The lowest BCUT2D eigenvalue weighted by molar-refractivity contribution is 0.0524. The number of nitrogens with two attached hydrogens (primary N) is 1. The van der Waals surface area contributed by atoms with Crippen molar-refractivity contribution in [1.29, 1.82) is 0 Å². The molecule has 0 aromatic carbocycles. The van der Waals surface area contributed by atoms with Gasteiger partial charge in [-0.15, -0.1) is 0 Å². The Labute approximate surface area is 124 Å². The number of rotatable bonds is 4. The third-order valence-corrected chi connectivity index (χ3v) is 6.65. The van der Waals surface area contributed by atoms with Crippen molar-refractivity contribution in [2.45, 2.75) is 71.0 Å². The minimum absolute atomic E-state index is 0.374. The number of hydrogen-bond donors (Lipinski definition) is 2. The van der Waals surface area contributed by atoms with Gasteiger partial charge in [-0.05, 0) is 55.9 Å². The summed E-state index contributed by atoms with van der Waals surface area (Å²) in [6, 6.07) is 2.07. The molecule has 0 bridgehead atoms. The van der Waals surface area contributed by atoms with Crippen LogP contribution < -0.4 is 11.1 Å². The van der Waals surface area contributed by atoms with Gasteiger partial charge in [0.05, 0.1) is 0 Å². The van der Waals surface area contributed by atoms with Gasteiger partial charge in [0, 0.05) is 31.2 Å². The number of nitrogens with one attached hydrogen (secondary N) is 1. The first-order chi connectivity index (χ1) is 9.48. The highest BCUT2D eigenvalue weighted by atomic mass is 15.2. The smallest absolute Gasteiger partial charge is 0.0207 e. The SMILES string of the molecule is CC1C(N)CCC(CNC2CCN(C3CC3)C2)C1(C)C. The van der Waals surface area contributed by atoms with Gasteiger partial charge < -0.3 is 11.1 Å². The average molecular weight is 279 g/mol. The van der Waals surface area contributed by atoms with Crippen LogP contribution >= 0.6 is 0 Å². The Morgan fingerprint density at radius 3 is 2.60 bits per heavy atom. The third-order valence-electron chi connectivity index (χ3n) is 6.65. The fraction of sp³-hybridized carbons (Fsp3) is 1.00. The van der Waals surface area contributed by atoms with Crippen molar-refractivity contribution >= 4 is 0 Å². The molecule has 3 N–H and O–H groups in total. The Balaban J connectivity index is 1.48. The molecule has 1 saturated heterocycles. The fourth-order valence-corrected chi connectivity index (χ4v) is 4.34. The van der Waals surface area contributed by atoms with Crippen molar-refractivity contribution in [3.8, 4) is 0 Å². The van der Waals surface area contributed by atoms with E-state index in [2.05, 4.69) is 31.0 Å². The molecule has 4 atom stereocenters. The van der Waals surface area contributed by atoms with E-state index in [1.807, 2.05) is 0 Å². The summed E-state index contributed by atoms with van der Waals surface area (Å²) in [7, 11) is 0. The molecule has 3 rings (SSSR count). The first-order valence-electron chi connectivity index (χ1n) is 8.71. The largest absolute Gasteiger partial charge is 0.327 e. The van der Waals surface area contributed by atoms with Crippen LogP contribution in [0.4, 0.5) is 0 Å². The van der Waals surface area contributed by atoms with Crippen molar-refractivity contribution in [2.24, 2.45) is 23.0 Å². The van der Waals surface area contributed by atoms with E-state index in [0.29, 0.717) is 17.4 Å². The van der Waals surface area contributed by atoms with Gasteiger partial charge in [0.15, 0.2) is 0 Å². The minimum Gasteiger partial charge on any atom is -0.327 e. The summed E-state index contributed by atoms with van der Waals surface area (Å²) in [5.74, 6) is 1.42. The molecule has 3 heteroatoms. The van der Waals surface area contributed by atoms with Gasteiger partial charge in [-0.25, -0.2) is 0 Å². The molecule has 3 aliphatic rings. The van der Waals surface area contributed by atoms with E-state index in [1.165, 1.54) is 51.7 Å². The molecule has 0 spiro atoms. The topological polar surface area (TPSA) is 41.3 Å². The van der Waals surface area contributed by atoms with Crippen LogP contribution in [-0.4, -0.2) is 42.7 Å². The predicted molar refractivity (Wildman–Crippen MR) is 84.6 cm³/mol. The lowest BCUT2D eigenvalue weighted by atomic mass is 9.61. The number of likely N-dealkylation sites (tertiary alicyclic amines) is 1. The highest BCUT2D eigenvalue weighted by molar-refractivity contribution is 4.96. The Kier molecular flexibility index (Phi) is 4.13. The number of nitrogens with zero attached hydrogens (tertiary/aromatic N) is 1. The normalized spacial score (nSPS) is 42.0. The third kappa shape index (κ3) is 2.90. The lowest BCUT2D eigenvalue weighted by Crippen LogP contribution is -2.50. The molecule has 2 aliphatic carbocycles. The quantitative estimate of drug-likeness (QED) is 0.829. The Bertz CT molecular complexity index is 337. The van der Waals surface area contributed by atoms with Crippen LogP contribution in [-0.2, 0) is 0 Å². The molecule has 1 heterocycles. The van der Waals surface area contributed by atoms with Gasteiger partial charge in [-0.3, -0.25) is 4.90 Å². The predicted octanol–water partition coefficient (Wildman–Crippen LogP) is 2.21. The minimum atomic E-state index is 0.374. The van der Waals surface area contributed by atoms with Crippen LogP contribution in [0.25, 0.3) is 0 Å². The van der Waals surface area contributed by atoms with Gasteiger partial charge in [0.2, 0.25) is 0 Å². The molecule has 0 amide bonds. The van der Waals surface area contributed by atoms with Crippen LogP contribution in [0.5, 0.6) is 0 Å². The zero-order valence-electron chi connectivity index (χ0n) is 13.6. The van der Waals surface area contributed by atoms with Crippen molar-refractivity contribution in [3.63, 3.8) is 0 Å². The standard InChI is InChI=1S/C17H33N3/c1-12-16(18)7-4-13(17(12,2)3)10-19-14-8-9-20(11-14)15-5-6-15/h12-16,19H,4-11,18H2,1-3H3. The maximum absolute atomic E-state index is 6.27. The van der Waals surface area contributed by atoms with Gasteiger partial charge in [0.25, 0.3) is 0 Å². The zero-order valence-corrected chi connectivity index (χ0v) is 13.6. The Hall–Kier alpha value is -0.120. The molecule has 2 saturated carbocycles. The summed E-state index contributed by atoms with van der Waals surface area (Å²) in [6.45, 7) is 11.0. The zero-order chi connectivity index (χ0) is 14.3. The monoisotopic (exact) mass is 279 g/mol. The summed E-state index contributed by atoms with van der Waals surface area (Å²) >= 11 is 0. The summed E-state index contributed by atoms with van der Waals surface area (Å²) < 4.78 is 0. The summed E-state index contributed by atoms with van der Waals surface area (Å²) in [4.78, 5) is 2.70. The molecular weight excluding hydrogens is 246 g/mol. The average Bonchev–Trinajstić information content (AvgIpc) is 3.15. The molecule has 3 fully saturated rings. The molecule has 4 unspecified atom stereocenters. The van der Waals surface area contributed by atoms with E-state index in [9.17, 15) is 0 Å². The lowest BCUT2D eigenvalue weighted by Gasteiger charge is -2.47. The molecular formula is C17H33N3. The van der Waals surface area contributed by atoms with E-state index < -0.39 is 0 Å². The van der Waals surface area contributed by atoms with Crippen molar-refractivity contribution in [1.82, 2.24) is 10.2 Å². The molecule has 0 radical (unpaired) electrons. The van der Waals surface area contributed by atoms with Gasteiger partial charge in [0.1, 0.15) is 0 Å². The van der Waals surface area contributed by atoms with E-state index in [0.717, 1.165) is 18.0 Å². The molecule has 1 aliphatic heterocycles. The van der Waals surface area contributed by atoms with Gasteiger partial charge in [-0.2, -0.15) is 0 Å². The van der Waals surface area contributed by atoms with Gasteiger partial charge >= 0.3 is 0 Å². The molecule has 0 aromatic heterocycles. The van der Waals surface area contributed by atoms with E-state index >= 15 is 0 Å². The van der Waals surface area contributed by atoms with Crippen LogP contribution in [0.15, 0.2) is 0 Å². The van der Waals surface area contributed by atoms with E-state index in [4.69, 9.17) is 5.73 Å². The first kappa shape index (κ1) is 14.8. The molecule has 20 heavy (non-hydrogen) atoms. The second-order valence-electron chi connectivity index (χ2n) is 8.17.